The molecule has 2 rings (SSSR count). The highest BCUT2D eigenvalue weighted by Gasteiger charge is 2.32. The average molecular weight is 255 g/mol. The molecular weight excluding hydrogens is 236 g/mol. The molecular formula is C14H19ClO2. The van der Waals surface area contributed by atoms with Crippen molar-refractivity contribution in [2.45, 2.75) is 44.5 Å². The summed E-state index contributed by atoms with van der Waals surface area (Å²) in [5.74, 6) is 0. The van der Waals surface area contributed by atoms with Gasteiger partial charge in [0, 0.05) is 6.61 Å². The Hall–Kier alpha value is -0.570. The molecule has 1 aromatic rings. The summed E-state index contributed by atoms with van der Waals surface area (Å²) < 4.78 is 11.4. The second kappa shape index (κ2) is 5.85. The Bertz CT molecular complexity index is 367. The lowest BCUT2D eigenvalue weighted by molar-refractivity contribution is -0.160. The van der Waals surface area contributed by atoms with Crippen molar-refractivity contribution in [3.05, 3.63) is 35.4 Å². The third kappa shape index (κ3) is 3.01. The van der Waals surface area contributed by atoms with Gasteiger partial charge in [-0.3, -0.25) is 0 Å². The van der Waals surface area contributed by atoms with Gasteiger partial charge < -0.3 is 9.47 Å². The lowest BCUT2D eigenvalue weighted by Gasteiger charge is -2.21. The molecule has 0 spiro atoms. The van der Waals surface area contributed by atoms with Gasteiger partial charge in [0.25, 0.3) is 0 Å². The molecule has 3 unspecified atom stereocenters. The van der Waals surface area contributed by atoms with Crippen LogP contribution in [0.4, 0.5) is 0 Å². The average Bonchev–Trinajstić information content (AvgIpc) is 2.64. The fourth-order valence-corrected chi connectivity index (χ4v) is 2.56. The molecule has 0 N–H and O–H groups in total. The molecule has 94 valence electrons. The molecule has 0 radical (unpaired) electrons. The van der Waals surface area contributed by atoms with Gasteiger partial charge in [-0.25, -0.2) is 0 Å². The maximum atomic E-state index is 6.34. The van der Waals surface area contributed by atoms with Crippen molar-refractivity contribution in [2.24, 2.45) is 0 Å². The third-order valence-corrected chi connectivity index (χ3v) is 3.38. The first-order valence-corrected chi connectivity index (χ1v) is 6.65. The van der Waals surface area contributed by atoms with Crippen LogP contribution in [-0.2, 0) is 15.9 Å². The summed E-state index contributed by atoms with van der Waals surface area (Å²) in [6, 6.07) is 8.28. The first-order valence-electron chi connectivity index (χ1n) is 6.21. The minimum atomic E-state index is -0.202. The smallest absolute Gasteiger partial charge is 0.155 e. The zero-order chi connectivity index (χ0) is 12.3. The van der Waals surface area contributed by atoms with E-state index >= 15 is 0 Å². The minimum absolute atomic E-state index is 0.0140. The highest BCUT2D eigenvalue weighted by Crippen LogP contribution is 2.38. The van der Waals surface area contributed by atoms with Gasteiger partial charge in [-0.2, -0.15) is 0 Å². The topological polar surface area (TPSA) is 18.5 Å². The van der Waals surface area contributed by atoms with E-state index in [2.05, 4.69) is 19.1 Å². The van der Waals surface area contributed by atoms with Crippen molar-refractivity contribution in [3.63, 3.8) is 0 Å². The molecule has 0 bridgehead atoms. The first kappa shape index (κ1) is 12.9. The number of benzene rings is 1. The fourth-order valence-electron chi connectivity index (χ4n) is 2.20. The predicted molar refractivity (Wildman–Crippen MR) is 69.3 cm³/mol. The van der Waals surface area contributed by atoms with Crippen LogP contribution in [0.3, 0.4) is 0 Å². The van der Waals surface area contributed by atoms with E-state index in [1.807, 2.05) is 19.1 Å². The molecule has 0 amide bonds. The van der Waals surface area contributed by atoms with E-state index in [1.54, 1.807) is 0 Å². The van der Waals surface area contributed by atoms with Crippen LogP contribution < -0.4 is 0 Å². The summed E-state index contributed by atoms with van der Waals surface area (Å²) in [5.41, 5.74) is 2.50. The molecule has 0 fully saturated rings. The second-order valence-electron chi connectivity index (χ2n) is 4.41. The Morgan fingerprint density at radius 3 is 2.94 bits per heavy atom. The molecule has 3 atom stereocenters. The molecule has 2 nitrogen and oxygen atoms in total. The van der Waals surface area contributed by atoms with Gasteiger partial charge >= 0.3 is 0 Å². The summed E-state index contributed by atoms with van der Waals surface area (Å²) in [7, 11) is 0. The van der Waals surface area contributed by atoms with Crippen LogP contribution >= 0.6 is 11.6 Å². The number of hydrogen-bond acceptors (Lipinski definition) is 2. The van der Waals surface area contributed by atoms with Gasteiger partial charge in [0.1, 0.15) is 6.10 Å². The van der Waals surface area contributed by atoms with E-state index < -0.39 is 0 Å². The quantitative estimate of drug-likeness (QED) is 0.590. The fraction of sp³-hybridized carbons (Fsp3) is 0.571. The van der Waals surface area contributed by atoms with Crippen LogP contribution in [0.25, 0.3) is 0 Å². The number of halogens is 1. The predicted octanol–water partition coefficient (Wildman–Crippen LogP) is 3.68. The molecule has 3 heteroatoms. The van der Waals surface area contributed by atoms with Crippen LogP contribution in [0.15, 0.2) is 24.3 Å². The SMILES string of the molecule is CCCOC(C)OC1c2ccccc2CC1Cl. The van der Waals surface area contributed by atoms with Crippen molar-refractivity contribution < 1.29 is 9.47 Å². The normalized spacial score (nSPS) is 24.6. The first-order chi connectivity index (χ1) is 8.22. The zero-order valence-electron chi connectivity index (χ0n) is 10.4. The number of rotatable bonds is 5. The highest BCUT2D eigenvalue weighted by molar-refractivity contribution is 6.21. The van der Waals surface area contributed by atoms with Gasteiger partial charge in [-0.05, 0) is 30.9 Å². The molecule has 0 heterocycles. The van der Waals surface area contributed by atoms with Gasteiger partial charge in [0.15, 0.2) is 6.29 Å². The van der Waals surface area contributed by atoms with Gasteiger partial charge in [-0.15, -0.1) is 11.6 Å². The minimum Gasteiger partial charge on any atom is -0.353 e. The number of hydrogen-bond donors (Lipinski definition) is 0. The molecule has 1 aliphatic carbocycles. The number of fused-ring (bicyclic) bond motifs is 1. The van der Waals surface area contributed by atoms with E-state index in [0.717, 1.165) is 19.4 Å². The summed E-state index contributed by atoms with van der Waals surface area (Å²) in [5, 5.41) is 0.0140. The number of alkyl halides is 1. The highest BCUT2D eigenvalue weighted by atomic mass is 35.5. The molecule has 1 aliphatic rings. The zero-order valence-corrected chi connectivity index (χ0v) is 11.1. The second-order valence-corrected chi connectivity index (χ2v) is 4.97. The van der Waals surface area contributed by atoms with Crippen molar-refractivity contribution in [2.75, 3.05) is 6.61 Å². The van der Waals surface area contributed by atoms with E-state index in [4.69, 9.17) is 21.1 Å². The molecule has 0 saturated carbocycles. The van der Waals surface area contributed by atoms with Crippen molar-refractivity contribution in [1.29, 1.82) is 0 Å². The Morgan fingerprint density at radius 1 is 1.41 bits per heavy atom. The molecule has 17 heavy (non-hydrogen) atoms. The van der Waals surface area contributed by atoms with Crippen LogP contribution in [0.2, 0.25) is 0 Å². The lowest BCUT2D eigenvalue weighted by Crippen LogP contribution is -2.20. The number of ether oxygens (including phenoxy) is 2. The van der Waals surface area contributed by atoms with Crippen molar-refractivity contribution >= 4 is 11.6 Å². The lowest BCUT2D eigenvalue weighted by atomic mass is 10.1. The summed E-state index contributed by atoms with van der Waals surface area (Å²) in [6.45, 7) is 4.74. The Labute approximate surface area is 108 Å². The molecule has 0 aliphatic heterocycles. The van der Waals surface area contributed by atoms with Gasteiger partial charge in [0.2, 0.25) is 0 Å². The molecule has 0 saturated heterocycles. The Morgan fingerprint density at radius 2 is 2.18 bits per heavy atom. The van der Waals surface area contributed by atoms with E-state index in [1.165, 1.54) is 11.1 Å². The maximum Gasteiger partial charge on any atom is 0.155 e. The Balaban J connectivity index is 2.01. The summed E-state index contributed by atoms with van der Waals surface area (Å²) in [6.07, 6.45) is 1.63. The van der Waals surface area contributed by atoms with E-state index in [0.29, 0.717) is 0 Å². The van der Waals surface area contributed by atoms with Gasteiger partial charge in [0.05, 0.1) is 5.38 Å². The Kier molecular flexibility index (Phi) is 4.43. The largest absolute Gasteiger partial charge is 0.353 e. The van der Waals surface area contributed by atoms with Crippen LogP contribution in [0.1, 0.15) is 37.5 Å². The van der Waals surface area contributed by atoms with Crippen molar-refractivity contribution in [1.82, 2.24) is 0 Å². The van der Waals surface area contributed by atoms with Crippen LogP contribution in [0.5, 0.6) is 0 Å². The third-order valence-electron chi connectivity index (χ3n) is 3.00. The summed E-state index contributed by atoms with van der Waals surface area (Å²) >= 11 is 6.34. The van der Waals surface area contributed by atoms with Crippen molar-refractivity contribution in [3.8, 4) is 0 Å². The molecule has 0 aromatic heterocycles. The monoisotopic (exact) mass is 254 g/mol. The summed E-state index contributed by atoms with van der Waals surface area (Å²) in [4.78, 5) is 0. The maximum absolute atomic E-state index is 6.34. The van der Waals surface area contributed by atoms with E-state index in [9.17, 15) is 0 Å². The van der Waals surface area contributed by atoms with Crippen LogP contribution in [0, 0.1) is 0 Å². The van der Waals surface area contributed by atoms with Crippen LogP contribution in [-0.4, -0.2) is 18.3 Å². The van der Waals surface area contributed by atoms with E-state index in [-0.39, 0.29) is 17.8 Å². The molecule has 1 aromatic carbocycles. The standard InChI is InChI=1S/C14H19ClO2/c1-3-8-16-10(2)17-14-12-7-5-4-6-11(12)9-13(14)15/h4-7,10,13-14H,3,8-9H2,1-2H3. The van der Waals surface area contributed by atoms with Gasteiger partial charge in [-0.1, -0.05) is 31.2 Å².